The first-order valence-corrected chi connectivity index (χ1v) is 8.78. The van der Waals surface area contributed by atoms with Gasteiger partial charge in [-0.1, -0.05) is 18.2 Å². The maximum Gasteiger partial charge on any atom is 0.126 e. The van der Waals surface area contributed by atoms with Gasteiger partial charge in [0.05, 0.1) is 5.52 Å². The van der Waals surface area contributed by atoms with E-state index in [1.807, 2.05) is 48.7 Å². The monoisotopic (exact) mass is 358 g/mol. The predicted molar refractivity (Wildman–Crippen MR) is 107 cm³/mol. The summed E-state index contributed by atoms with van der Waals surface area (Å²) >= 11 is 0. The third-order valence-electron chi connectivity index (χ3n) is 4.27. The first-order chi connectivity index (χ1) is 13.3. The number of anilines is 2. The molecule has 0 radical (unpaired) electrons. The van der Waals surface area contributed by atoms with Crippen LogP contribution in [0.5, 0.6) is 0 Å². The van der Waals surface area contributed by atoms with Crippen LogP contribution in [0.1, 0.15) is 11.1 Å². The summed E-state index contributed by atoms with van der Waals surface area (Å²) in [6.07, 6.45) is 3.62. The van der Waals surface area contributed by atoms with Gasteiger partial charge in [0, 0.05) is 36.6 Å². The fraction of sp³-hybridized carbons (Fsp3) is 0.0909. The molecule has 4 aromatic rings. The molecule has 0 aliphatic rings. The van der Waals surface area contributed by atoms with Crippen LogP contribution in [0.2, 0.25) is 0 Å². The number of hydrogen-bond acceptors (Lipinski definition) is 4. The van der Waals surface area contributed by atoms with E-state index in [1.165, 1.54) is 12.1 Å². The number of pyridine rings is 2. The normalized spacial score (nSPS) is 10.7. The lowest BCUT2D eigenvalue weighted by atomic mass is 10.2. The summed E-state index contributed by atoms with van der Waals surface area (Å²) in [7, 11) is 0. The van der Waals surface area contributed by atoms with E-state index in [9.17, 15) is 4.39 Å². The lowest BCUT2D eigenvalue weighted by Crippen LogP contribution is -2.02. The van der Waals surface area contributed by atoms with Crippen molar-refractivity contribution in [1.82, 2.24) is 9.97 Å². The van der Waals surface area contributed by atoms with E-state index in [0.29, 0.717) is 6.54 Å². The molecule has 5 heteroatoms. The minimum Gasteiger partial charge on any atom is -0.381 e. The highest BCUT2D eigenvalue weighted by molar-refractivity contribution is 5.83. The molecule has 0 amide bonds. The molecular formula is C22H19FN4. The molecule has 0 unspecified atom stereocenters. The van der Waals surface area contributed by atoms with E-state index < -0.39 is 0 Å². The van der Waals surface area contributed by atoms with Gasteiger partial charge in [0.1, 0.15) is 11.6 Å². The van der Waals surface area contributed by atoms with Crippen LogP contribution in [-0.4, -0.2) is 9.97 Å². The smallest absolute Gasteiger partial charge is 0.126 e. The SMILES string of the molecule is Fc1cccc(CNc2ccc3cc(NCc4cccnc4)ccc3n2)c1. The molecule has 27 heavy (non-hydrogen) atoms. The Morgan fingerprint density at radius 3 is 2.56 bits per heavy atom. The summed E-state index contributed by atoms with van der Waals surface area (Å²) in [6, 6.07) is 20.6. The Balaban J connectivity index is 1.43. The number of rotatable bonds is 6. The Kier molecular flexibility index (Phi) is 4.92. The molecule has 0 saturated heterocycles. The molecule has 4 nitrogen and oxygen atoms in total. The van der Waals surface area contributed by atoms with Crippen LogP contribution in [0.3, 0.4) is 0 Å². The first-order valence-electron chi connectivity index (χ1n) is 8.78. The number of nitrogens with zero attached hydrogens (tertiary/aromatic N) is 2. The summed E-state index contributed by atoms with van der Waals surface area (Å²) in [4.78, 5) is 8.75. The Bertz CT molecular complexity index is 1050. The average molecular weight is 358 g/mol. The van der Waals surface area contributed by atoms with E-state index in [2.05, 4.69) is 26.7 Å². The number of halogens is 1. The molecular weight excluding hydrogens is 339 g/mol. The van der Waals surface area contributed by atoms with E-state index in [4.69, 9.17) is 0 Å². The first kappa shape index (κ1) is 17.0. The minimum absolute atomic E-state index is 0.230. The summed E-state index contributed by atoms with van der Waals surface area (Å²) < 4.78 is 13.3. The second-order valence-corrected chi connectivity index (χ2v) is 6.30. The maximum absolute atomic E-state index is 13.3. The predicted octanol–water partition coefficient (Wildman–Crippen LogP) is 4.99. The van der Waals surface area contributed by atoms with Crippen molar-refractivity contribution in [2.75, 3.05) is 10.6 Å². The summed E-state index contributed by atoms with van der Waals surface area (Å²) in [5, 5.41) is 7.70. The van der Waals surface area contributed by atoms with Gasteiger partial charge in [0.25, 0.3) is 0 Å². The molecule has 0 fully saturated rings. The topological polar surface area (TPSA) is 49.8 Å². The quantitative estimate of drug-likeness (QED) is 0.510. The standard InChI is InChI=1S/C22H19FN4/c23-19-5-1-3-16(11-19)14-26-22-9-6-18-12-20(7-8-21(18)27-22)25-15-17-4-2-10-24-13-17/h1-13,25H,14-15H2,(H,26,27). The van der Waals surface area contributed by atoms with E-state index in [1.54, 1.807) is 12.3 Å². The molecule has 0 aliphatic carbocycles. The van der Waals surface area contributed by atoms with Gasteiger partial charge in [0.2, 0.25) is 0 Å². The van der Waals surface area contributed by atoms with Gasteiger partial charge in [-0.05, 0) is 59.7 Å². The van der Waals surface area contributed by atoms with Gasteiger partial charge in [-0.3, -0.25) is 4.98 Å². The zero-order chi connectivity index (χ0) is 18.5. The Morgan fingerprint density at radius 2 is 1.70 bits per heavy atom. The van der Waals surface area contributed by atoms with Crippen molar-refractivity contribution >= 4 is 22.4 Å². The summed E-state index contributed by atoms with van der Waals surface area (Å²) in [6.45, 7) is 1.25. The van der Waals surface area contributed by atoms with Gasteiger partial charge in [-0.25, -0.2) is 9.37 Å². The van der Waals surface area contributed by atoms with Crippen LogP contribution in [0.15, 0.2) is 79.1 Å². The Labute approximate surface area is 157 Å². The van der Waals surface area contributed by atoms with Crippen LogP contribution < -0.4 is 10.6 Å². The number of fused-ring (bicyclic) bond motifs is 1. The molecule has 2 aromatic carbocycles. The fourth-order valence-corrected chi connectivity index (χ4v) is 2.88. The average Bonchev–Trinajstić information content (AvgIpc) is 2.71. The molecule has 0 bridgehead atoms. The molecule has 2 aromatic heterocycles. The van der Waals surface area contributed by atoms with E-state index >= 15 is 0 Å². The maximum atomic E-state index is 13.3. The summed E-state index contributed by atoms with van der Waals surface area (Å²) in [5.74, 6) is 0.537. The van der Waals surface area contributed by atoms with Crippen molar-refractivity contribution < 1.29 is 4.39 Å². The second kappa shape index (κ2) is 7.83. The highest BCUT2D eigenvalue weighted by Gasteiger charge is 2.02. The Hall–Kier alpha value is -3.47. The molecule has 2 heterocycles. The van der Waals surface area contributed by atoms with Crippen LogP contribution >= 0.6 is 0 Å². The number of benzene rings is 2. The highest BCUT2D eigenvalue weighted by atomic mass is 19.1. The highest BCUT2D eigenvalue weighted by Crippen LogP contribution is 2.20. The lowest BCUT2D eigenvalue weighted by Gasteiger charge is -2.09. The van der Waals surface area contributed by atoms with E-state index in [-0.39, 0.29) is 5.82 Å². The van der Waals surface area contributed by atoms with Crippen LogP contribution in [0, 0.1) is 5.82 Å². The molecule has 4 rings (SSSR count). The third kappa shape index (κ3) is 4.39. The molecule has 134 valence electrons. The lowest BCUT2D eigenvalue weighted by molar-refractivity contribution is 0.626. The van der Waals surface area contributed by atoms with Crippen molar-refractivity contribution in [3.63, 3.8) is 0 Å². The van der Waals surface area contributed by atoms with Crippen molar-refractivity contribution in [3.05, 3.63) is 96.1 Å². The van der Waals surface area contributed by atoms with Crippen LogP contribution in [0.25, 0.3) is 10.9 Å². The van der Waals surface area contributed by atoms with Crippen molar-refractivity contribution in [3.8, 4) is 0 Å². The number of hydrogen-bond donors (Lipinski definition) is 2. The van der Waals surface area contributed by atoms with Gasteiger partial charge in [-0.15, -0.1) is 0 Å². The zero-order valence-electron chi connectivity index (χ0n) is 14.7. The van der Waals surface area contributed by atoms with Gasteiger partial charge in [-0.2, -0.15) is 0 Å². The van der Waals surface area contributed by atoms with Gasteiger partial charge >= 0.3 is 0 Å². The molecule has 0 saturated carbocycles. The number of aromatic nitrogens is 2. The van der Waals surface area contributed by atoms with Crippen molar-refractivity contribution in [2.24, 2.45) is 0 Å². The second-order valence-electron chi connectivity index (χ2n) is 6.30. The van der Waals surface area contributed by atoms with E-state index in [0.717, 1.165) is 40.1 Å². The third-order valence-corrected chi connectivity index (χ3v) is 4.27. The largest absolute Gasteiger partial charge is 0.381 e. The van der Waals surface area contributed by atoms with Crippen LogP contribution in [0.4, 0.5) is 15.9 Å². The van der Waals surface area contributed by atoms with Crippen LogP contribution in [-0.2, 0) is 13.1 Å². The van der Waals surface area contributed by atoms with Crippen molar-refractivity contribution in [2.45, 2.75) is 13.1 Å². The zero-order valence-corrected chi connectivity index (χ0v) is 14.7. The minimum atomic E-state index is -0.230. The number of nitrogens with one attached hydrogen (secondary N) is 2. The molecule has 0 atom stereocenters. The fourth-order valence-electron chi connectivity index (χ4n) is 2.88. The van der Waals surface area contributed by atoms with Gasteiger partial charge < -0.3 is 10.6 Å². The van der Waals surface area contributed by atoms with Crippen molar-refractivity contribution in [1.29, 1.82) is 0 Å². The molecule has 0 aliphatic heterocycles. The molecule has 0 spiro atoms. The summed E-state index contributed by atoms with van der Waals surface area (Å²) in [5.41, 5.74) is 3.96. The molecule has 2 N–H and O–H groups in total. The Morgan fingerprint density at radius 1 is 0.815 bits per heavy atom. The van der Waals surface area contributed by atoms with Gasteiger partial charge in [0.15, 0.2) is 0 Å².